The predicted molar refractivity (Wildman–Crippen MR) is 87.5 cm³/mol. The normalized spacial score (nSPS) is 23.9. The number of nitrogens with one attached hydrogen (secondary N) is 2. The molecule has 0 bridgehead atoms. The van der Waals surface area contributed by atoms with Gasteiger partial charge in [-0.05, 0) is 52.4 Å². The van der Waals surface area contributed by atoms with Gasteiger partial charge >= 0.3 is 6.09 Å². The van der Waals surface area contributed by atoms with Crippen LogP contribution in [0.2, 0.25) is 0 Å². The molecule has 0 aromatic carbocycles. The molecule has 124 valence electrons. The van der Waals surface area contributed by atoms with E-state index in [1.165, 1.54) is 32.1 Å². The Morgan fingerprint density at radius 2 is 2.05 bits per heavy atom. The van der Waals surface area contributed by atoms with Crippen LogP contribution in [-0.4, -0.2) is 30.3 Å². The predicted octanol–water partition coefficient (Wildman–Crippen LogP) is 3.85. The second-order valence-corrected chi connectivity index (χ2v) is 7.50. The largest absolute Gasteiger partial charge is 0.444 e. The van der Waals surface area contributed by atoms with Gasteiger partial charge in [-0.3, -0.25) is 0 Å². The average Bonchev–Trinajstić information content (AvgIpc) is 2.76. The number of rotatable bonds is 7. The second kappa shape index (κ2) is 8.62. The van der Waals surface area contributed by atoms with Crippen LogP contribution in [0.4, 0.5) is 4.79 Å². The summed E-state index contributed by atoms with van der Waals surface area (Å²) in [6.07, 6.45) is 7.01. The monoisotopic (exact) mass is 298 g/mol. The number of carbonyl (C=O) groups is 1. The van der Waals surface area contributed by atoms with Crippen molar-refractivity contribution in [3.8, 4) is 0 Å². The maximum atomic E-state index is 11.8. The highest BCUT2D eigenvalue weighted by molar-refractivity contribution is 5.67. The van der Waals surface area contributed by atoms with Gasteiger partial charge in [0.25, 0.3) is 0 Å². The van der Waals surface area contributed by atoms with E-state index in [-0.39, 0.29) is 6.09 Å². The lowest BCUT2D eigenvalue weighted by molar-refractivity contribution is 0.0520. The van der Waals surface area contributed by atoms with E-state index in [1.54, 1.807) is 0 Å². The fourth-order valence-corrected chi connectivity index (χ4v) is 2.91. The van der Waals surface area contributed by atoms with Gasteiger partial charge in [0.2, 0.25) is 0 Å². The van der Waals surface area contributed by atoms with Crippen LogP contribution in [0.25, 0.3) is 0 Å². The van der Waals surface area contributed by atoms with E-state index in [0.29, 0.717) is 18.6 Å². The number of amides is 1. The standard InChI is InChI=1S/C17H34N2O2/c1-6-7-8-15(19-14-10-9-13(2)11-14)12-18-16(20)21-17(3,4)5/h13-15,19H,6-12H2,1-5H3,(H,18,20). The molecule has 1 saturated carbocycles. The number of ether oxygens (including phenoxy) is 1. The molecule has 3 atom stereocenters. The van der Waals surface area contributed by atoms with E-state index in [9.17, 15) is 4.79 Å². The quantitative estimate of drug-likeness (QED) is 0.750. The van der Waals surface area contributed by atoms with Crippen molar-refractivity contribution in [3.05, 3.63) is 0 Å². The summed E-state index contributed by atoms with van der Waals surface area (Å²) in [5.41, 5.74) is -0.433. The first kappa shape index (κ1) is 18.3. The van der Waals surface area contributed by atoms with Gasteiger partial charge in [0.1, 0.15) is 5.60 Å². The van der Waals surface area contributed by atoms with Crippen LogP contribution in [0.1, 0.15) is 73.1 Å². The van der Waals surface area contributed by atoms with Crippen LogP contribution < -0.4 is 10.6 Å². The summed E-state index contributed by atoms with van der Waals surface area (Å²) in [4.78, 5) is 11.8. The molecule has 4 nitrogen and oxygen atoms in total. The van der Waals surface area contributed by atoms with Crippen LogP contribution in [0.15, 0.2) is 0 Å². The molecule has 0 aromatic rings. The van der Waals surface area contributed by atoms with Gasteiger partial charge < -0.3 is 15.4 Å². The Bertz CT molecular complexity index is 312. The summed E-state index contributed by atoms with van der Waals surface area (Å²) < 4.78 is 5.30. The molecular formula is C17H34N2O2. The summed E-state index contributed by atoms with van der Waals surface area (Å²) >= 11 is 0. The first-order valence-corrected chi connectivity index (χ1v) is 8.53. The summed E-state index contributed by atoms with van der Waals surface area (Å²) in [6.45, 7) is 10.8. The molecule has 4 heteroatoms. The molecule has 3 unspecified atom stereocenters. The van der Waals surface area contributed by atoms with Crippen molar-refractivity contribution in [2.24, 2.45) is 5.92 Å². The minimum atomic E-state index is -0.433. The maximum Gasteiger partial charge on any atom is 0.407 e. The van der Waals surface area contributed by atoms with Crippen molar-refractivity contribution in [3.63, 3.8) is 0 Å². The van der Waals surface area contributed by atoms with Gasteiger partial charge in [0.05, 0.1) is 0 Å². The van der Waals surface area contributed by atoms with Crippen molar-refractivity contribution in [2.75, 3.05) is 6.54 Å². The highest BCUT2D eigenvalue weighted by Gasteiger charge is 2.24. The van der Waals surface area contributed by atoms with Crippen LogP contribution in [-0.2, 0) is 4.74 Å². The molecule has 1 fully saturated rings. The van der Waals surface area contributed by atoms with Crippen molar-refractivity contribution in [1.29, 1.82) is 0 Å². The number of carbonyl (C=O) groups excluding carboxylic acids is 1. The molecule has 1 aliphatic carbocycles. The molecule has 0 aliphatic heterocycles. The first-order valence-electron chi connectivity index (χ1n) is 8.53. The van der Waals surface area contributed by atoms with Crippen molar-refractivity contribution in [1.82, 2.24) is 10.6 Å². The lowest BCUT2D eigenvalue weighted by Crippen LogP contribution is -2.45. The molecule has 0 spiro atoms. The zero-order valence-corrected chi connectivity index (χ0v) is 14.5. The highest BCUT2D eigenvalue weighted by atomic mass is 16.6. The van der Waals surface area contributed by atoms with Crippen molar-refractivity contribution < 1.29 is 9.53 Å². The van der Waals surface area contributed by atoms with Gasteiger partial charge in [0, 0.05) is 18.6 Å². The van der Waals surface area contributed by atoms with Gasteiger partial charge in [-0.2, -0.15) is 0 Å². The van der Waals surface area contributed by atoms with Gasteiger partial charge in [-0.1, -0.05) is 26.7 Å². The van der Waals surface area contributed by atoms with E-state index in [2.05, 4.69) is 24.5 Å². The average molecular weight is 298 g/mol. The number of unbranched alkanes of at least 4 members (excludes halogenated alkanes) is 1. The van der Waals surface area contributed by atoms with E-state index < -0.39 is 5.60 Å². The third kappa shape index (κ3) is 8.30. The Balaban J connectivity index is 2.36. The third-order valence-electron chi connectivity index (χ3n) is 3.96. The Morgan fingerprint density at radius 3 is 2.57 bits per heavy atom. The molecule has 21 heavy (non-hydrogen) atoms. The Kier molecular flexibility index (Phi) is 7.50. The van der Waals surface area contributed by atoms with Crippen LogP contribution in [0, 0.1) is 5.92 Å². The fraction of sp³-hybridized carbons (Fsp3) is 0.941. The van der Waals surface area contributed by atoms with E-state index in [1.807, 2.05) is 20.8 Å². The van der Waals surface area contributed by atoms with Gasteiger partial charge in [0.15, 0.2) is 0 Å². The molecule has 1 amide bonds. The summed E-state index contributed by atoms with van der Waals surface area (Å²) in [5.74, 6) is 0.827. The molecule has 1 aliphatic rings. The number of alkyl carbamates (subject to hydrolysis) is 1. The zero-order valence-electron chi connectivity index (χ0n) is 14.5. The van der Waals surface area contributed by atoms with Gasteiger partial charge in [-0.15, -0.1) is 0 Å². The molecule has 0 radical (unpaired) electrons. The Morgan fingerprint density at radius 1 is 1.33 bits per heavy atom. The van der Waals surface area contributed by atoms with E-state index in [0.717, 1.165) is 12.3 Å². The maximum absolute atomic E-state index is 11.8. The number of hydrogen-bond acceptors (Lipinski definition) is 3. The number of hydrogen-bond donors (Lipinski definition) is 2. The minimum absolute atomic E-state index is 0.314. The molecule has 2 N–H and O–H groups in total. The Hall–Kier alpha value is -0.770. The minimum Gasteiger partial charge on any atom is -0.444 e. The smallest absolute Gasteiger partial charge is 0.407 e. The van der Waals surface area contributed by atoms with Crippen LogP contribution in [0.5, 0.6) is 0 Å². The molecule has 0 saturated heterocycles. The van der Waals surface area contributed by atoms with Crippen LogP contribution >= 0.6 is 0 Å². The summed E-state index contributed by atoms with van der Waals surface area (Å²) in [5, 5.41) is 6.64. The topological polar surface area (TPSA) is 50.4 Å². The van der Waals surface area contributed by atoms with E-state index in [4.69, 9.17) is 4.74 Å². The molecule has 0 aromatic heterocycles. The van der Waals surface area contributed by atoms with Crippen molar-refractivity contribution in [2.45, 2.75) is 90.8 Å². The van der Waals surface area contributed by atoms with Crippen LogP contribution in [0.3, 0.4) is 0 Å². The first-order chi connectivity index (χ1) is 9.80. The van der Waals surface area contributed by atoms with Gasteiger partial charge in [-0.25, -0.2) is 4.79 Å². The lowest BCUT2D eigenvalue weighted by Gasteiger charge is -2.25. The summed E-state index contributed by atoms with van der Waals surface area (Å²) in [6, 6.07) is 0.968. The fourth-order valence-electron chi connectivity index (χ4n) is 2.91. The lowest BCUT2D eigenvalue weighted by atomic mass is 10.1. The molecular weight excluding hydrogens is 264 g/mol. The Labute approximate surface area is 130 Å². The zero-order chi connectivity index (χ0) is 15.9. The SMILES string of the molecule is CCCCC(CNC(=O)OC(C)(C)C)NC1CCC(C)C1. The summed E-state index contributed by atoms with van der Waals surface area (Å²) in [7, 11) is 0. The third-order valence-corrected chi connectivity index (χ3v) is 3.96. The molecule has 1 rings (SSSR count). The molecule has 0 heterocycles. The second-order valence-electron chi connectivity index (χ2n) is 7.50. The van der Waals surface area contributed by atoms with E-state index >= 15 is 0 Å². The highest BCUT2D eigenvalue weighted by Crippen LogP contribution is 2.25. The van der Waals surface area contributed by atoms with Crippen molar-refractivity contribution >= 4 is 6.09 Å².